The average molecular weight is 699 g/mol. The number of carbonyl (C=O) groups is 2. The number of ether oxygens (including phenoxy) is 2. The largest absolute Gasteiger partial charge is 0.497 e. The molecule has 50 heavy (non-hydrogen) atoms. The van der Waals surface area contributed by atoms with Crippen molar-refractivity contribution in [2.75, 3.05) is 53.6 Å². The lowest BCUT2D eigenvalue weighted by Gasteiger charge is -2.29. The van der Waals surface area contributed by atoms with Crippen molar-refractivity contribution in [2.24, 2.45) is 16.2 Å². The molecule has 11 heteroatoms. The zero-order valence-corrected chi connectivity index (χ0v) is 30.0. The van der Waals surface area contributed by atoms with E-state index in [0.29, 0.717) is 38.8 Å². The fourth-order valence-corrected chi connectivity index (χ4v) is 11.3. The molecule has 4 atom stereocenters. The lowest BCUT2D eigenvalue weighted by atomic mass is 9.71. The summed E-state index contributed by atoms with van der Waals surface area (Å²) in [4.78, 5) is 33.0. The first-order valence-electron chi connectivity index (χ1n) is 18.0. The predicted molar refractivity (Wildman–Crippen MR) is 191 cm³/mol. The molecule has 9 rings (SSSR count). The molecule has 3 aromatic rings. The van der Waals surface area contributed by atoms with Crippen molar-refractivity contribution in [3.05, 3.63) is 64.6 Å². The van der Waals surface area contributed by atoms with Crippen molar-refractivity contribution in [3.63, 3.8) is 0 Å². The molecular weight excluding hydrogens is 653 g/mol. The summed E-state index contributed by atoms with van der Waals surface area (Å²) in [5.41, 5.74) is 5.09. The summed E-state index contributed by atoms with van der Waals surface area (Å²) in [5.74, 6) is 0.676. The van der Waals surface area contributed by atoms with Crippen LogP contribution in [0.15, 0.2) is 47.9 Å². The smallest absolute Gasteiger partial charge is 0.265 e. The first-order chi connectivity index (χ1) is 23.9. The average Bonchev–Trinajstić information content (AvgIpc) is 3.32. The quantitative estimate of drug-likeness (QED) is 0.375. The molecule has 2 aromatic carbocycles. The monoisotopic (exact) mass is 698 g/mol. The molecule has 0 radical (unpaired) electrons. The minimum Gasteiger partial charge on any atom is -0.497 e. The van der Waals surface area contributed by atoms with Crippen LogP contribution in [0.5, 0.6) is 5.75 Å². The van der Waals surface area contributed by atoms with Gasteiger partial charge in [-0.15, -0.1) is 0 Å². The van der Waals surface area contributed by atoms with Gasteiger partial charge in [0, 0.05) is 71.5 Å². The van der Waals surface area contributed by atoms with Gasteiger partial charge in [-0.2, -0.15) is 0 Å². The molecule has 2 aliphatic carbocycles. The van der Waals surface area contributed by atoms with Gasteiger partial charge in [-0.1, -0.05) is 31.9 Å². The minimum absolute atomic E-state index is 0.0316. The molecule has 5 heterocycles. The molecule has 2 saturated carbocycles. The Kier molecular flexibility index (Phi) is 7.04. The maximum absolute atomic E-state index is 15.2. The van der Waals surface area contributed by atoms with Crippen molar-refractivity contribution < 1.29 is 27.5 Å². The van der Waals surface area contributed by atoms with E-state index in [1.54, 1.807) is 13.2 Å². The zero-order chi connectivity index (χ0) is 34.8. The van der Waals surface area contributed by atoms with Gasteiger partial charge < -0.3 is 23.8 Å². The highest BCUT2D eigenvalue weighted by Crippen LogP contribution is 2.67. The Morgan fingerprint density at radius 2 is 1.70 bits per heavy atom. The van der Waals surface area contributed by atoms with Crippen LogP contribution in [-0.4, -0.2) is 88.1 Å². The summed E-state index contributed by atoms with van der Waals surface area (Å²) in [7, 11) is -0.141. The summed E-state index contributed by atoms with van der Waals surface area (Å²) in [6.07, 6.45) is 6.45. The first kappa shape index (κ1) is 32.3. The molecule has 4 aliphatic heterocycles. The first-order valence-corrected chi connectivity index (χ1v) is 19.5. The number of sulfonamides is 1. The van der Waals surface area contributed by atoms with Crippen molar-refractivity contribution in [1.29, 1.82) is 0 Å². The van der Waals surface area contributed by atoms with Gasteiger partial charge in [0.05, 0.1) is 36.3 Å². The molecule has 6 aliphatic rings. The van der Waals surface area contributed by atoms with E-state index in [2.05, 4.69) is 44.8 Å². The molecule has 264 valence electrons. The number of nitrogens with zero attached hydrogens (tertiary/aromatic N) is 3. The number of aromatic nitrogens is 1. The highest BCUT2D eigenvalue weighted by atomic mass is 32.2. The van der Waals surface area contributed by atoms with E-state index in [1.807, 2.05) is 18.2 Å². The maximum atomic E-state index is 15.2. The SMILES string of the molecule is C=C(C)S(=O)(=O)NC(=O)c1ccc2c(C3CCCCC3)c3n(c2c1)CC1(C(=O)N2CC45COCC4(CN(C)C5)C2)C[C@H]1c1cc(OC)ccc1-3. The Hall–Kier alpha value is -3.67. The third-order valence-electron chi connectivity index (χ3n) is 13.2. The lowest BCUT2D eigenvalue weighted by Crippen LogP contribution is -2.43. The Morgan fingerprint density at radius 1 is 0.980 bits per heavy atom. The number of amides is 2. The Bertz CT molecular complexity index is 2080. The van der Waals surface area contributed by atoms with Gasteiger partial charge in [0.25, 0.3) is 15.9 Å². The number of fused-ring (bicyclic) bond motifs is 7. The van der Waals surface area contributed by atoms with Gasteiger partial charge in [-0.05, 0) is 80.6 Å². The number of hydrogen-bond donors (Lipinski definition) is 1. The highest BCUT2D eigenvalue weighted by Gasteiger charge is 2.70. The number of methoxy groups -OCH3 is 1. The third kappa shape index (κ3) is 4.48. The van der Waals surface area contributed by atoms with Crippen LogP contribution in [-0.2, 0) is 26.1 Å². The molecule has 2 amide bonds. The second-order valence-corrected chi connectivity index (χ2v) is 18.2. The van der Waals surface area contributed by atoms with Gasteiger partial charge in [0.2, 0.25) is 5.91 Å². The van der Waals surface area contributed by atoms with Crippen LogP contribution in [0, 0.1) is 16.2 Å². The second-order valence-electron chi connectivity index (χ2n) is 16.3. The van der Waals surface area contributed by atoms with Crippen LogP contribution in [0.1, 0.15) is 78.8 Å². The van der Waals surface area contributed by atoms with Crippen LogP contribution < -0.4 is 9.46 Å². The van der Waals surface area contributed by atoms with E-state index in [0.717, 1.165) is 78.7 Å². The van der Waals surface area contributed by atoms with Gasteiger partial charge >= 0.3 is 0 Å². The zero-order valence-electron chi connectivity index (χ0n) is 29.2. The lowest BCUT2D eigenvalue weighted by molar-refractivity contribution is -0.138. The maximum Gasteiger partial charge on any atom is 0.265 e. The summed E-state index contributed by atoms with van der Waals surface area (Å²) >= 11 is 0. The van der Waals surface area contributed by atoms with E-state index in [9.17, 15) is 13.2 Å². The Balaban J connectivity index is 1.20. The number of nitrogens with one attached hydrogen (secondary N) is 1. The Labute approximate surface area is 293 Å². The predicted octanol–water partition coefficient (Wildman–Crippen LogP) is 5.24. The number of likely N-dealkylation sites (tertiary alicyclic amines) is 2. The summed E-state index contributed by atoms with van der Waals surface area (Å²) in [6.45, 7) is 10.1. The van der Waals surface area contributed by atoms with E-state index >= 15 is 4.79 Å². The van der Waals surface area contributed by atoms with E-state index in [4.69, 9.17) is 9.47 Å². The number of benzene rings is 2. The minimum atomic E-state index is -4.01. The molecule has 0 bridgehead atoms. The highest BCUT2D eigenvalue weighted by molar-refractivity contribution is 7.93. The number of allylic oxidation sites excluding steroid dienone is 1. The molecular formula is C39H46N4O6S. The second kappa shape index (κ2) is 10.9. The molecule has 5 fully saturated rings. The summed E-state index contributed by atoms with van der Waals surface area (Å²) < 4.78 is 41.6. The Morgan fingerprint density at radius 3 is 2.38 bits per heavy atom. The third-order valence-corrected chi connectivity index (χ3v) is 14.6. The van der Waals surface area contributed by atoms with Crippen LogP contribution in [0.3, 0.4) is 0 Å². The van der Waals surface area contributed by atoms with Crippen molar-refractivity contribution in [1.82, 2.24) is 19.1 Å². The van der Waals surface area contributed by atoms with Crippen molar-refractivity contribution in [3.8, 4) is 17.0 Å². The van der Waals surface area contributed by atoms with Crippen LogP contribution >= 0.6 is 0 Å². The van der Waals surface area contributed by atoms with E-state index in [1.165, 1.54) is 18.9 Å². The molecule has 10 nitrogen and oxygen atoms in total. The molecule has 1 N–H and O–H groups in total. The normalized spacial score (nSPS) is 30.2. The number of carbonyl (C=O) groups excluding carboxylic acids is 2. The molecule has 3 unspecified atom stereocenters. The van der Waals surface area contributed by atoms with E-state index in [-0.39, 0.29) is 33.1 Å². The number of hydrogen-bond acceptors (Lipinski definition) is 7. The van der Waals surface area contributed by atoms with Crippen molar-refractivity contribution >= 4 is 32.7 Å². The topological polar surface area (TPSA) is 110 Å². The molecule has 0 spiro atoms. The van der Waals surface area contributed by atoms with Gasteiger partial charge in [0.1, 0.15) is 5.75 Å². The van der Waals surface area contributed by atoms with Gasteiger partial charge in [-0.25, -0.2) is 13.1 Å². The standard InChI is InChI=1S/C39H46N4O6S/c1-24(2)50(46,47)40-35(44)26-10-12-29-32(14-26)43-21-39(36(45)42-19-37-17-41(3)18-38(37,20-42)23-49-22-37)16-31(39)30-15-27(48-4)11-13-28(30)34(43)33(29)25-8-6-5-7-9-25/h10-15,25,31H,1,5-9,16-23H2,2-4H3,(H,40,44)/t31-,37?,38?,39?/m0/s1. The van der Waals surface area contributed by atoms with Gasteiger partial charge in [0.15, 0.2) is 0 Å². The molecule has 3 saturated heterocycles. The van der Waals surface area contributed by atoms with Crippen LogP contribution in [0.2, 0.25) is 0 Å². The van der Waals surface area contributed by atoms with E-state index < -0.39 is 21.3 Å². The number of rotatable bonds is 6. The molecule has 1 aromatic heterocycles. The van der Waals surface area contributed by atoms with Crippen LogP contribution in [0.25, 0.3) is 22.2 Å². The summed E-state index contributed by atoms with van der Waals surface area (Å²) in [5, 5.41) is 1.07. The summed E-state index contributed by atoms with van der Waals surface area (Å²) in [6, 6.07) is 11.9. The van der Waals surface area contributed by atoms with Crippen LogP contribution in [0.4, 0.5) is 0 Å². The fourth-order valence-electron chi connectivity index (χ4n) is 10.7. The van der Waals surface area contributed by atoms with Crippen molar-refractivity contribution in [2.45, 2.75) is 63.8 Å². The van der Waals surface area contributed by atoms with Gasteiger partial charge in [-0.3, -0.25) is 9.59 Å². The fraction of sp³-hybridized carbons (Fsp3) is 0.538.